The molecule has 0 radical (unpaired) electrons. The molecule has 57 heavy (non-hydrogen) atoms. The highest BCUT2D eigenvalue weighted by Crippen LogP contribution is 2.38. The van der Waals surface area contributed by atoms with Crippen molar-refractivity contribution in [2.45, 2.75) is 238 Å². The standard InChI is InChI=1S/C48H95N2O6P/c1-6-8-10-12-14-16-17-18-19-20-21-22-23-24-25-26-27-28-29-30-31-32-34-36-38-40-42-48(52)49-46(45-56-57(53,54)55-44-43-50(3,4)5)47(51)41-39-37-35-33-15-13-11-9-7-2/h15,33,39,41,46-47,51H,6-14,16-32,34-38,40,42-45H2,1-5H3,(H-,49,52,53,54)/b33-15+,41-39+. The molecule has 8 nitrogen and oxygen atoms in total. The zero-order valence-electron chi connectivity index (χ0n) is 38.3. The first-order valence-electron chi connectivity index (χ1n) is 24.2. The van der Waals surface area contributed by atoms with Crippen LogP contribution in [0.4, 0.5) is 0 Å². The van der Waals surface area contributed by atoms with Gasteiger partial charge in [-0.2, -0.15) is 0 Å². The van der Waals surface area contributed by atoms with Crippen LogP contribution in [0.1, 0.15) is 226 Å². The fourth-order valence-corrected chi connectivity index (χ4v) is 7.77. The quantitative estimate of drug-likeness (QED) is 0.0274. The third kappa shape index (κ3) is 42.9. The van der Waals surface area contributed by atoms with Gasteiger partial charge in [0.2, 0.25) is 5.91 Å². The molecule has 0 bridgehead atoms. The Kier molecular flexibility index (Phi) is 39.7. The fraction of sp³-hybridized carbons (Fsp3) is 0.896. The van der Waals surface area contributed by atoms with Gasteiger partial charge in [0.15, 0.2) is 0 Å². The molecule has 0 aliphatic rings. The predicted molar refractivity (Wildman–Crippen MR) is 242 cm³/mol. The van der Waals surface area contributed by atoms with Crippen LogP contribution in [0.5, 0.6) is 0 Å². The van der Waals surface area contributed by atoms with Crippen molar-refractivity contribution in [3.8, 4) is 0 Å². The van der Waals surface area contributed by atoms with Gasteiger partial charge in [0, 0.05) is 6.42 Å². The van der Waals surface area contributed by atoms with Crippen LogP contribution >= 0.6 is 7.82 Å². The van der Waals surface area contributed by atoms with Gasteiger partial charge in [-0.3, -0.25) is 9.36 Å². The van der Waals surface area contributed by atoms with Crippen LogP contribution in [0.2, 0.25) is 0 Å². The third-order valence-corrected chi connectivity index (χ3v) is 11.9. The molecule has 9 heteroatoms. The number of hydrogen-bond donors (Lipinski definition) is 2. The van der Waals surface area contributed by atoms with Crippen LogP contribution < -0.4 is 10.2 Å². The first-order chi connectivity index (χ1) is 27.5. The van der Waals surface area contributed by atoms with Gasteiger partial charge in [-0.05, 0) is 32.1 Å². The van der Waals surface area contributed by atoms with Gasteiger partial charge in [-0.1, -0.05) is 212 Å². The van der Waals surface area contributed by atoms with E-state index >= 15 is 0 Å². The van der Waals surface area contributed by atoms with E-state index in [0.717, 1.165) is 38.5 Å². The molecule has 0 aliphatic heterocycles. The zero-order chi connectivity index (χ0) is 42.1. The first-order valence-corrected chi connectivity index (χ1v) is 25.7. The van der Waals surface area contributed by atoms with E-state index in [-0.39, 0.29) is 19.1 Å². The number of rotatable bonds is 44. The maximum atomic E-state index is 12.8. The molecule has 3 atom stereocenters. The molecule has 338 valence electrons. The fourth-order valence-electron chi connectivity index (χ4n) is 7.05. The van der Waals surface area contributed by atoms with Crippen LogP contribution in [-0.2, 0) is 18.4 Å². The van der Waals surface area contributed by atoms with Crippen LogP contribution in [0, 0.1) is 0 Å². The summed E-state index contributed by atoms with van der Waals surface area (Å²) in [6.07, 6.45) is 48.3. The molecule has 0 heterocycles. The minimum Gasteiger partial charge on any atom is -0.756 e. The molecule has 3 unspecified atom stereocenters. The van der Waals surface area contributed by atoms with Gasteiger partial charge in [0.1, 0.15) is 13.2 Å². The van der Waals surface area contributed by atoms with E-state index in [1.165, 1.54) is 167 Å². The predicted octanol–water partition coefficient (Wildman–Crippen LogP) is 13.1. The molecular formula is C48H95N2O6P. The highest BCUT2D eigenvalue weighted by Gasteiger charge is 2.23. The second-order valence-corrected chi connectivity index (χ2v) is 19.2. The number of aliphatic hydroxyl groups is 1. The normalized spacial score (nSPS) is 14.4. The maximum Gasteiger partial charge on any atom is 0.268 e. The number of amides is 1. The summed E-state index contributed by atoms with van der Waals surface area (Å²) in [7, 11) is 1.25. The highest BCUT2D eigenvalue weighted by molar-refractivity contribution is 7.45. The van der Waals surface area contributed by atoms with Gasteiger partial charge in [-0.15, -0.1) is 0 Å². The molecule has 0 aromatic rings. The average molecular weight is 827 g/mol. The number of phosphoric ester groups is 1. The maximum absolute atomic E-state index is 12.8. The van der Waals surface area contributed by atoms with Gasteiger partial charge in [0.25, 0.3) is 7.82 Å². The summed E-state index contributed by atoms with van der Waals surface area (Å²) < 4.78 is 23.1. The van der Waals surface area contributed by atoms with Crippen LogP contribution in [0.3, 0.4) is 0 Å². The van der Waals surface area contributed by atoms with Gasteiger partial charge < -0.3 is 28.8 Å². The van der Waals surface area contributed by atoms with E-state index in [1.54, 1.807) is 6.08 Å². The van der Waals surface area contributed by atoms with Gasteiger partial charge in [0.05, 0.1) is 39.9 Å². The number of hydrogen-bond acceptors (Lipinski definition) is 6. The average Bonchev–Trinajstić information content (AvgIpc) is 3.16. The molecule has 0 aromatic carbocycles. The Morgan fingerprint density at radius 3 is 1.42 bits per heavy atom. The van der Waals surface area contributed by atoms with Crippen molar-refractivity contribution >= 4 is 13.7 Å². The molecule has 0 rings (SSSR count). The minimum absolute atomic E-state index is 0.00463. The summed E-state index contributed by atoms with van der Waals surface area (Å²) in [5.41, 5.74) is 0. The lowest BCUT2D eigenvalue weighted by Crippen LogP contribution is -2.45. The Morgan fingerprint density at radius 1 is 0.596 bits per heavy atom. The molecule has 0 saturated heterocycles. The Bertz CT molecular complexity index is 984. The van der Waals surface area contributed by atoms with E-state index in [0.29, 0.717) is 17.4 Å². The molecule has 0 spiro atoms. The molecule has 1 amide bonds. The van der Waals surface area contributed by atoms with Crippen molar-refractivity contribution in [3.05, 3.63) is 24.3 Å². The van der Waals surface area contributed by atoms with Crippen molar-refractivity contribution in [1.29, 1.82) is 0 Å². The smallest absolute Gasteiger partial charge is 0.268 e. The van der Waals surface area contributed by atoms with Crippen molar-refractivity contribution in [3.63, 3.8) is 0 Å². The van der Waals surface area contributed by atoms with E-state index in [9.17, 15) is 19.4 Å². The summed E-state index contributed by atoms with van der Waals surface area (Å²) in [6.45, 7) is 4.59. The van der Waals surface area contributed by atoms with E-state index in [2.05, 4.69) is 31.3 Å². The molecule has 0 aliphatic carbocycles. The lowest BCUT2D eigenvalue weighted by molar-refractivity contribution is -0.870. The van der Waals surface area contributed by atoms with Crippen molar-refractivity contribution < 1.29 is 32.9 Å². The summed E-state index contributed by atoms with van der Waals surface area (Å²) in [5.74, 6) is -0.206. The molecule has 0 aromatic heterocycles. The Morgan fingerprint density at radius 2 is 0.982 bits per heavy atom. The number of allylic oxidation sites excluding steroid dienone is 3. The number of nitrogens with one attached hydrogen (secondary N) is 1. The Balaban J connectivity index is 4.07. The SMILES string of the molecule is CCCCC/C=C/CC/C=C/C(O)C(COP(=O)([O-])OCC[N+](C)(C)C)NC(=O)CCCCCCCCCCCCCCCCCCCCCCCCCCCC. The summed E-state index contributed by atoms with van der Waals surface area (Å²) in [4.78, 5) is 25.2. The first kappa shape index (κ1) is 56.0. The number of aliphatic hydroxyl groups excluding tert-OH is 1. The topological polar surface area (TPSA) is 108 Å². The van der Waals surface area contributed by atoms with Crippen LogP contribution in [-0.4, -0.2) is 68.5 Å². The van der Waals surface area contributed by atoms with Crippen molar-refractivity contribution in [2.24, 2.45) is 0 Å². The second-order valence-electron chi connectivity index (χ2n) is 17.8. The summed E-state index contributed by atoms with van der Waals surface area (Å²) >= 11 is 0. The largest absolute Gasteiger partial charge is 0.756 e. The van der Waals surface area contributed by atoms with Crippen LogP contribution in [0.15, 0.2) is 24.3 Å². The third-order valence-electron chi connectivity index (χ3n) is 10.9. The number of likely N-dealkylation sites (N-methyl/N-ethyl adjacent to an activating group) is 1. The van der Waals surface area contributed by atoms with Crippen molar-refractivity contribution in [2.75, 3.05) is 40.9 Å². The Hall–Kier alpha value is -1.02. The Labute approximate surface area is 354 Å². The molecular weight excluding hydrogens is 732 g/mol. The number of carbonyl (C=O) groups is 1. The van der Waals surface area contributed by atoms with E-state index in [1.807, 2.05) is 27.2 Å². The van der Waals surface area contributed by atoms with Crippen molar-refractivity contribution in [1.82, 2.24) is 5.32 Å². The number of nitrogens with zero attached hydrogens (tertiary/aromatic N) is 1. The molecule has 2 N–H and O–H groups in total. The van der Waals surface area contributed by atoms with Gasteiger partial charge >= 0.3 is 0 Å². The highest BCUT2D eigenvalue weighted by atomic mass is 31.2. The number of quaternary nitrogens is 1. The van der Waals surface area contributed by atoms with Gasteiger partial charge in [-0.25, -0.2) is 0 Å². The minimum atomic E-state index is -4.59. The molecule has 0 saturated carbocycles. The number of unbranched alkanes of at least 4 members (excludes halogenated alkanes) is 29. The zero-order valence-corrected chi connectivity index (χ0v) is 39.2. The lowest BCUT2D eigenvalue weighted by atomic mass is 10.0. The summed E-state index contributed by atoms with van der Waals surface area (Å²) in [5, 5.41) is 13.7. The van der Waals surface area contributed by atoms with Crippen LogP contribution in [0.25, 0.3) is 0 Å². The van der Waals surface area contributed by atoms with E-state index < -0.39 is 20.0 Å². The lowest BCUT2D eigenvalue weighted by Gasteiger charge is -2.29. The summed E-state index contributed by atoms with van der Waals surface area (Å²) in [6, 6.07) is -0.897. The van der Waals surface area contributed by atoms with E-state index in [4.69, 9.17) is 9.05 Å². The number of phosphoric acid groups is 1. The molecule has 0 fully saturated rings. The number of carbonyl (C=O) groups excluding carboxylic acids is 1. The second kappa shape index (κ2) is 40.4. The monoisotopic (exact) mass is 827 g/mol.